The lowest BCUT2D eigenvalue weighted by Crippen LogP contribution is -2.54. The van der Waals surface area contributed by atoms with Crippen molar-refractivity contribution < 1.29 is 38.8 Å². The molecule has 9 atom stereocenters. The Kier molecular flexibility index (Phi) is 4.79. The van der Waals surface area contributed by atoms with Gasteiger partial charge in [0.05, 0.1) is 11.5 Å². The van der Waals surface area contributed by atoms with Crippen LogP contribution in [0.1, 0.15) is 47.5 Å². The number of hydrogen-bond acceptors (Lipinski definition) is 8. The number of aliphatic hydroxyl groups excluding tert-OH is 1. The van der Waals surface area contributed by atoms with Gasteiger partial charge in [0.15, 0.2) is 0 Å². The second kappa shape index (κ2) is 6.44. The van der Waals surface area contributed by atoms with Crippen molar-refractivity contribution in [3.05, 3.63) is 0 Å². The van der Waals surface area contributed by atoms with Crippen molar-refractivity contribution in [3.63, 3.8) is 0 Å². The molecule has 0 radical (unpaired) electrons. The highest BCUT2D eigenvalue weighted by atomic mass is 16.6. The molecule has 1 saturated heterocycles. The second-order valence-corrected chi connectivity index (χ2v) is 8.68. The molecular formula is C19H28O8. The van der Waals surface area contributed by atoms with Gasteiger partial charge < -0.3 is 24.4 Å². The van der Waals surface area contributed by atoms with Gasteiger partial charge in [-0.15, -0.1) is 0 Å². The molecule has 3 fully saturated rings. The molecule has 3 rings (SSSR count). The van der Waals surface area contributed by atoms with Gasteiger partial charge in [0.1, 0.15) is 24.4 Å². The number of fused-ring (bicyclic) bond motifs is 2. The van der Waals surface area contributed by atoms with Crippen LogP contribution in [0, 0.1) is 23.2 Å². The van der Waals surface area contributed by atoms with Gasteiger partial charge in [0, 0.05) is 37.5 Å². The topological polar surface area (TPSA) is 119 Å². The van der Waals surface area contributed by atoms with Crippen molar-refractivity contribution in [1.29, 1.82) is 0 Å². The number of carbonyl (C=O) groups excluding carboxylic acids is 3. The highest BCUT2D eigenvalue weighted by Crippen LogP contribution is 2.59. The maximum atomic E-state index is 12.2. The van der Waals surface area contributed by atoms with E-state index < -0.39 is 71.1 Å². The van der Waals surface area contributed by atoms with Crippen LogP contribution in [0.15, 0.2) is 0 Å². The Labute approximate surface area is 158 Å². The molecule has 0 bridgehead atoms. The number of rotatable bonds is 2. The lowest BCUT2D eigenvalue weighted by Gasteiger charge is -2.45. The molecule has 3 aliphatic rings. The Bertz CT molecular complexity index is 658. The van der Waals surface area contributed by atoms with Gasteiger partial charge in [0.2, 0.25) is 0 Å². The Morgan fingerprint density at radius 3 is 2.33 bits per heavy atom. The fraction of sp³-hybridized carbons (Fsp3) is 0.842. The number of hydrogen-bond donors (Lipinski definition) is 2. The van der Waals surface area contributed by atoms with E-state index in [1.54, 1.807) is 20.8 Å². The third-order valence-electron chi connectivity index (χ3n) is 6.79. The van der Waals surface area contributed by atoms with Crippen LogP contribution in [0.4, 0.5) is 0 Å². The molecule has 152 valence electrons. The average molecular weight is 384 g/mol. The summed E-state index contributed by atoms with van der Waals surface area (Å²) in [6.07, 6.45) is -3.09. The molecule has 0 aromatic carbocycles. The predicted molar refractivity (Wildman–Crippen MR) is 91.1 cm³/mol. The van der Waals surface area contributed by atoms with E-state index in [1.807, 2.05) is 0 Å². The summed E-state index contributed by atoms with van der Waals surface area (Å²) >= 11 is 0. The van der Waals surface area contributed by atoms with E-state index in [4.69, 9.17) is 14.2 Å². The number of esters is 3. The Balaban J connectivity index is 2.12. The molecule has 1 aliphatic heterocycles. The van der Waals surface area contributed by atoms with E-state index in [1.165, 1.54) is 13.8 Å². The molecule has 0 aromatic heterocycles. The minimum absolute atomic E-state index is 0.158. The SMILES string of the molecule is CC(=O)O[C@H]1C[C@@H]2[C@@](C)([C@H]1O)[C@@H](OC(C)=O)[C@@H]1[C@H](C)C(=O)O[C@@H]1C[C@@]2(C)O. The first-order valence-corrected chi connectivity index (χ1v) is 9.35. The summed E-state index contributed by atoms with van der Waals surface area (Å²) in [7, 11) is 0. The molecule has 0 amide bonds. The highest BCUT2D eigenvalue weighted by Gasteiger charge is 2.69. The lowest BCUT2D eigenvalue weighted by atomic mass is 9.65. The van der Waals surface area contributed by atoms with E-state index in [0.717, 1.165) is 0 Å². The van der Waals surface area contributed by atoms with Crippen LogP contribution in [0.2, 0.25) is 0 Å². The normalized spacial score (nSPS) is 48.9. The van der Waals surface area contributed by atoms with Crippen molar-refractivity contribution in [1.82, 2.24) is 0 Å². The lowest BCUT2D eigenvalue weighted by molar-refractivity contribution is -0.181. The van der Waals surface area contributed by atoms with Crippen LogP contribution >= 0.6 is 0 Å². The zero-order valence-corrected chi connectivity index (χ0v) is 16.3. The van der Waals surface area contributed by atoms with Gasteiger partial charge in [-0.2, -0.15) is 0 Å². The Morgan fingerprint density at radius 2 is 1.78 bits per heavy atom. The summed E-state index contributed by atoms with van der Waals surface area (Å²) in [5.41, 5.74) is -2.43. The fourth-order valence-corrected chi connectivity index (χ4v) is 5.64. The Hall–Kier alpha value is -1.67. The van der Waals surface area contributed by atoms with Gasteiger partial charge in [-0.05, 0) is 13.3 Å². The van der Waals surface area contributed by atoms with Gasteiger partial charge in [-0.25, -0.2) is 0 Å². The van der Waals surface area contributed by atoms with Gasteiger partial charge >= 0.3 is 17.9 Å². The minimum Gasteiger partial charge on any atom is -0.462 e. The minimum atomic E-state index is -1.31. The summed E-state index contributed by atoms with van der Waals surface area (Å²) in [6, 6.07) is 0. The van der Waals surface area contributed by atoms with Crippen LogP contribution in [0.5, 0.6) is 0 Å². The van der Waals surface area contributed by atoms with Crippen LogP contribution in [0.3, 0.4) is 0 Å². The van der Waals surface area contributed by atoms with E-state index in [2.05, 4.69) is 0 Å². The van der Waals surface area contributed by atoms with Gasteiger partial charge in [-0.1, -0.05) is 13.8 Å². The molecule has 1 heterocycles. The van der Waals surface area contributed by atoms with Crippen LogP contribution in [-0.2, 0) is 28.6 Å². The summed E-state index contributed by atoms with van der Waals surface area (Å²) in [5.74, 6) is -3.07. The van der Waals surface area contributed by atoms with E-state index in [9.17, 15) is 24.6 Å². The van der Waals surface area contributed by atoms with Crippen molar-refractivity contribution in [2.75, 3.05) is 0 Å². The maximum absolute atomic E-state index is 12.2. The molecule has 0 spiro atoms. The van der Waals surface area contributed by atoms with Crippen molar-refractivity contribution in [2.24, 2.45) is 23.2 Å². The van der Waals surface area contributed by atoms with E-state index >= 15 is 0 Å². The van der Waals surface area contributed by atoms with Crippen molar-refractivity contribution in [2.45, 2.75) is 77.5 Å². The molecule has 2 N–H and O–H groups in total. The van der Waals surface area contributed by atoms with Crippen molar-refractivity contribution in [3.8, 4) is 0 Å². The summed E-state index contributed by atoms with van der Waals surface area (Å²) < 4.78 is 16.4. The molecule has 0 unspecified atom stereocenters. The molecule has 27 heavy (non-hydrogen) atoms. The first-order valence-electron chi connectivity index (χ1n) is 9.35. The van der Waals surface area contributed by atoms with Crippen LogP contribution in [-0.4, -0.2) is 58.1 Å². The number of aliphatic hydroxyl groups is 2. The molecule has 2 aliphatic carbocycles. The molecule has 8 heteroatoms. The molecular weight excluding hydrogens is 356 g/mol. The maximum Gasteiger partial charge on any atom is 0.309 e. The molecule has 0 aromatic rings. The van der Waals surface area contributed by atoms with Crippen LogP contribution < -0.4 is 0 Å². The summed E-state index contributed by atoms with van der Waals surface area (Å²) in [5, 5.41) is 22.3. The predicted octanol–water partition coefficient (Wildman–Crippen LogP) is 0.569. The largest absolute Gasteiger partial charge is 0.462 e. The zero-order valence-electron chi connectivity index (χ0n) is 16.3. The van der Waals surface area contributed by atoms with Crippen LogP contribution in [0.25, 0.3) is 0 Å². The van der Waals surface area contributed by atoms with E-state index in [-0.39, 0.29) is 12.8 Å². The second-order valence-electron chi connectivity index (χ2n) is 8.68. The third-order valence-corrected chi connectivity index (χ3v) is 6.79. The third kappa shape index (κ3) is 3.02. The molecule has 8 nitrogen and oxygen atoms in total. The summed E-state index contributed by atoms with van der Waals surface area (Å²) in [4.78, 5) is 35.6. The van der Waals surface area contributed by atoms with E-state index in [0.29, 0.717) is 0 Å². The quantitative estimate of drug-likeness (QED) is 0.524. The average Bonchev–Trinajstić information content (AvgIpc) is 2.91. The monoisotopic (exact) mass is 384 g/mol. The van der Waals surface area contributed by atoms with Gasteiger partial charge in [0.25, 0.3) is 0 Å². The summed E-state index contributed by atoms with van der Waals surface area (Å²) in [6.45, 7) is 7.58. The first-order chi connectivity index (χ1) is 12.4. The smallest absolute Gasteiger partial charge is 0.309 e. The van der Waals surface area contributed by atoms with Crippen molar-refractivity contribution >= 4 is 17.9 Å². The molecule has 2 saturated carbocycles. The zero-order chi connectivity index (χ0) is 20.3. The fourth-order valence-electron chi connectivity index (χ4n) is 5.64. The van der Waals surface area contributed by atoms with Gasteiger partial charge in [-0.3, -0.25) is 14.4 Å². The standard InChI is InChI=1S/C19H28O8/c1-8-14-12(27-17(8)23)7-18(4,24)13-6-11(25-9(2)20)15(22)19(13,5)16(14)26-10(3)21/h8,11-16,22,24H,6-7H2,1-5H3/t8-,11-,12+,13-,14+,15-,16-,18+,19-/m0/s1. The Morgan fingerprint density at radius 1 is 1.19 bits per heavy atom. The first kappa shape index (κ1) is 20.1. The number of carbonyl (C=O) groups is 3. The highest BCUT2D eigenvalue weighted by molar-refractivity contribution is 5.75. The number of ether oxygens (including phenoxy) is 3.